The second-order valence-electron chi connectivity index (χ2n) is 4.62. The highest BCUT2D eigenvalue weighted by Crippen LogP contribution is 2.27. The van der Waals surface area contributed by atoms with E-state index in [1.807, 2.05) is 38.4 Å². The average molecular weight is 325 g/mol. The van der Waals surface area contributed by atoms with E-state index in [2.05, 4.69) is 26.2 Å². The zero-order valence-electron chi connectivity index (χ0n) is 11.0. The number of benzene rings is 1. The number of aromatic nitrogens is 3. The summed E-state index contributed by atoms with van der Waals surface area (Å²) in [4.78, 5) is 0. The predicted molar refractivity (Wildman–Crippen MR) is 76.8 cm³/mol. The maximum absolute atomic E-state index is 5.79. The quantitative estimate of drug-likeness (QED) is 0.914. The fourth-order valence-corrected chi connectivity index (χ4v) is 2.31. The van der Waals surface area contributed by atoms with Crippen molar-refractivity contribution in [2.24, 2.45) is 12.8 Å². The molecule has 1 heterocycles. The van der Waals surface area contributed by atoms with Gasteiger partial charge in [0.1, 0.15) is 18.1 Å². The maximum Gasteiger partial charge on any atom is 0.134 e. The van der Waals surface area contributed by atoms with Crippen LogP contribution in [0.4, 0.5) is 0 Å². The van der Waals surface area contributed by atoms with Crippen LogP contribution in [0.2, 0.25) is 0 Å². The van der Waals surface area contributed by atoms with Gasteiger partial charge in [0, 0.05) is 13.1 Å². The van der Waals surface area contributed by atoms with Crippen molar-refractivity contribution in [2.75, 3.05) is 0 Å². The third-order valence-electron chi connectivity index (χ3n) is 2.58. The second-order valence-corrected chi connectivity index (χ2v) is 5.47. The van der Waals surface area contributed by atoms with Crippen molar-refractivity contribution >= 4 is 15.9 Å². The first kappa shape index (κ1) is 14.0. The van der Waals surface area contributed by atoms with E-state index in [9.17, 15) is 0 Å². The van der Waals surface area contributed by atoms with Crippen LogP contribution in [-0.2, 0) is 20.1 Å². The lowest BCUT2D eigenvalue weighted by Gasteiger charge is -2.10. The standard InChI is InChI=1S/C13H17BrN4O/c1-9(15)5-10-3-4-13(12(14)6-10)19-8-11-7-18(2)17-16-11/h3-4,6-7,9H,5,8,15H2,1-2H3. The molecule has 2 aromatic rings. The van der Waals surface area contributed by atoms with Gasteiger partial charge in [-0.2, -0.15) is 0 Å². The second kappa shape index (κ2) is 6.16. The van der Waals surface area contributed by atoms with Gasteiger partial charge in [-0.1, -0.05) is 11.3 Å². The van der Waals surface area contributed by atoms with Crippen LogP contribution in [0, 0.1) is 0 Å². The number of aryl methyl sites for hydroxylation is 1. The summed E-state index contributed by atoms with van der Waals surface area (Å²) in [6, 6.07) is 6.16. The monoisotopic (exact) mass is 324 g/mol. The molecule has 0 aliphatic carbocycles. The molecule has 0 saturated heterocycles. The van der Waals surface area contributed by atoms with Gasteiger partial charge in [-0.05, 0) is 47.0 Å². The Bertz CT molecular complexity index is 553. The van der Waals surface area contributed by atoms with Crippen molar-refractivity contribution in [1.29, 1.82) is 0 Å². The third-order valence-corrected chi connectivity index (χ3v) is 3.20. The molecular weight excluding hydrogens is 308 g/mol. The van der Waals surface area contributed by atoms with E-state index in [0.717, 1.165) is 22.3 Å². The van der Waals surface area contributed by atoms with Gasteiger partial charge >= 0.3 is 0 Å². The molecule has 0 saturated carbocycles. The van der Waals surface area contributed by atoms with Crippen LogP contribution in [0.3, 0.4) is 0 Å². The summed E-state index contributed by atoms with van der Waals surface area (Å²) in [6.07, 6.45) is 2.68. The molecule has 2 rings (SSSR count). The van der Waals surface area contributed by atoms with Gasteiger partial charge in [0.2, 0.25) is 0 Å². The topological polar surface area (TPSA) is 66.0 Å². The van der Waals surface area contributed by atoms with Gasteiger partial charge in [-0.15, -0.1) is 5.10 Å². The Kier molecular flexibility index (Phi) is 4.55. The summed E-state index contributed by atoms with van der Waals surface area (Å²) >= 11 is 3.51. The van der Waals surface area contributed by atoms with Crippen molar-refractivity contribution in [3.05, 3.63) is 40.1 Å². The molecule has 1 aromatic carbocycles. The zero-order chi connectivity index (χ0) is 13.8. The molecule has 19 heavy (non-hydrogen) atoms. The van der Waals surface area contributed by atoms with E-state index in [-0.39, 0.29) is 6.04 Å². The first-order chi connectivity index (χ1) is 9.04. The van der Waals surface area contributed by atoms with E-state index in [1.165, 1.54) is 5.56 Å². The van der Waals surface area contributed by atoms with Gasteiger partial charge in [0.05, 0.1) is 10.7 Å². The highest BCUT2D eigenvalue weighted by atomic mass is 79.9. The first-order valence-electron chi connectivity index (χ1n) is 6.06. The highest BCUT2D eigenvalue weighted by Gasteiger charge is 2.06. The van der Waals surface area contributed by atoms with Gasteiger partial charge in [-0.25, -0.2) is 0 Å². The van der Waals surface area contributed by atoms with E-state index in [0.29, 0.717) is 6.61 Å². The fraction of sp³-hybridized carbons (Fsp3) is 0.385. The number of nitrogens with two attached hydrogens (primary N) is 1. The van der Waals surface area contributed by atoms with Gasteiger partial charge in [0.15, 0.2) is 0 Å². The number of ether oxygens (including phenoxy) is 1. The van der Waals surface area contributed by atoms with Crippen LogP contribution in [0.5, 0.6) is 5.75 Å². The van der Waals surface area contributed by atoms with Crippen LogP contribution in [0.1, 0.15) is 18.2 Å². The molecule has 1 atom stereocenters. The lowest BCUT2D eigenvalue weighted by molar-refractivity contribution is 0.299. The SMILES string of the molecule is CC(N)Cc1ccc(OCc2cn(C)nn2)c(Br)c1. The Morgan fingerprint density at radius 1 is 1.47 bits per heavy atom. The summed E-state index contributed by atoms with van der Waals surface area (Å²) in [6.45, 7) is 2.39. The fourth-order valence-electron chi connectivity index (χ4n) is 1.77. The summed E-state index contributed by atoms with van der Waals surface area (Å²) in [7, 11) is 1.83. The normalized spacial score (nSPS) is 12.4. The maximum atomic E-state index is 5.79. The minimum atomic E-state index is 0.151. The Balaban J connectivity index is 2.00. The average Bonchev–Trinajstić information content (AvgIpc) is 2.73. The van der Waals surface area contributed by atoms with Crippen molar-refractivity contribution in [3.8, 4) is 5.75 Å². The number of hydrogen-bond acceptors (Lipinski definition) is 4. The van der Waals surface area contributed by atoms with E-state index < -0.39 is 0 Å². The van der Waals surface area contributed by atoms with E-state index in [4.69, 9.17) is 10.5 Å². The highest BCUT2D eigenvalue weighted by molar-refractivity contribution is 9.10. The Morgan fingerprint density at radius 3 is 2.84 bits per heavy atom. The number of hydrogen-bond donors (Lipinski definition) is 1. The molecule has 0 aliphatic heterocycles. The van der Waals surface area contributed by atoms with Gasteiger partial charge in [-0.3, -0.25) is 4.68 Å². The molecule has 0 radical (unpaired) electrons. The number of halogens is 1. The van der Waals surface area contributed by atoms with Gasteiger partial charge in [0.25, 0.3) is 0 Å². The Hall–Kier alpha value is -1.40. The zero-order valence-corrected chi connectivity index (χ0v) is 12.6. The summed E-state index contributed by atoms with van der Waals surface area (Å²) < 4.78 is 8.28. The third kappa shape index (κ3) is 4.04. The molecule has 5 nitrogen and oxygen atoms in total. The van der Waals surface area contributed by atoms with Crippen LogP contribution < -0.4 is 10.5 Å². The molecule has 0 bridgehead atoms. The van der Waals surface area contributed by atoms with Crippen LogP contribution in [-0.4, -0.2) is 21.0 Å². The molecule has 1 aromatic heterocycles. The van der Waals surface area contributed by atoms with Crippen LogP contribution >= 0.6 is 15.9 Å². The van der Waals surface area contributed by atoms with Crippen molar-refractivity contribution < 1.29 is 4.74 Å². The lowest BCUT2D eigenvalue weighted by Crippen LogP contribution is -2.17. The molecule has 0 fully saturated rings. The largest absolute Gasteiger partial charge is 0.486 e. The smallest absolute Gasteiger partial charge is 0.134 e. The number of rotatable bonds is 5. The minimum absolute atomic E-state index is 0.151. The summed E-state index contributed by atoms with van der Waals surface area (Å²) in [5.41, 5.74) is 7.77. The predicted octanol–water partition coefficient (Wildman–Crippen LogP) is 2.05. The minimum Gasteiger partial charge on any atom is -0.486 e. The first-order valence-corrected chi connectivity index (χ1v) is 6.86. The molecule has 2 N–H and O–H groups in total. The molecule has 1 unspecified atom stereocenters. The van der Waals surface area contributed by atoms with Crippen LogP contribution in [0.25, 0.3) is 0 Å². The van der Waals surface area contributed by atoms with Gasteiger partial charge < -0.3 is 10.5 Å². The Morgan fingerprint density at radius 2 is 2.26 bits per heavy atom. The molecule has 102 valence electrons. The lowest BCUT2D eigenvalue weighted by atomic mass is 10.1. The molecule has 0 aliphatic rings. The van der Waals surface area contributed by atoms with Crippen molar-refractivity contribution in [1.82, 2.24) is 15.0 Å². The van der Waals surface area contributed by atoms with E-state index >= 15 is 0 Å². The van der Waals surface area contributed by atoms with Crippen molar-refractivity contribution in [2.45, 2.75) is 26.0 Å². The Labute approximate surface area is 120 Å². The molecule has 6 heteroatoms. The molecule has 0 amide bonds. The summed E-state index contributed by atoms with van der Waals surface area (Å²) in [5.74, 6) is 0.791. The molecular formula is C13H17BrN4O. The number of nitrogens with zero attached hydrogens (tertiary/aromatic N) is 3. The van der Waals surface area contributed by atoms with Crippen molar-refractivity contribution in [3.63, 3.8) is 0 Å². The summed E-state index contributed by atoms with van der Waals surface area (Å²) in [5, 5.41) is 7.83. The molecule has 0 spiro atoms. The van der Waals surface area contributed by atoms with E-state index in [1.54, 1.807) is 4.68 Å². The van der Waals surface area contributed by atoms with Crippen LogP contribution in [0.15, 0.2) is 28.9 Å².